The van der Waals surface area contributed by atoms with Crippen LogP contribution in [0.1, 0.15) is 36.8 Å². The molecule has 0 spiro atoms. The molecule has 27 heavy (non-hydrogen) atoms. The monoisotopic (exact) mass is 357 g/mol. The SMILES string of the molecule is CC(C)c1ccc([C@@H]2C(C#N)C(=N)C(C#N)(C#N)C3=CCN(C)C[C@@H]32)cc1. The van der Waals surface area contributed by atoms with E-state index in [1.54, 1.807) is 0 Å². The summed E-state index contributed by atoms with van der Waals surface area (Å²) in [5.41, 5.74) is 1.20. The van der Waals surface area contributed by atoms with Gasteiger partial charge in [0.1, 0.15) is 0 Å². The molecule has 5 nitrogen and oxygen atoms in total. The smallest absolute Gasteiger partial charge is 0.203 e. The number of rotatable bonds is 2. The van der Waals surface area contributed by atoms with Gasteiger partial charge in [-0.25, -0.2) is 0 Å². The van der Waals surface area contributed by atoms with E-state index in [0.717, 1.165) is 5.56 Å². The van der Waals surface area contributed by atoms with Crippen molar-refractivity contribution in [2.75, 3.05) is 20.1 Å². The second kappa shape index (κ2) is 6.99. The van der Waals surface area contributed by atoms with Crippen LogP contribution in [0.3, 0.4) is 0 Å². The summed E-state index contributed by atoms with van der Waals surface area (Å²) in [4.78, 5) is 2.13. The summed E-state index contributed by atoms with van der Waals surface area (Å²) in [5.74, 6) is -0.737. The van der Waals surface area contributed by atoms with Crippen LogP contribution in [-0.4, -0.2) is 30.7 Å². The zero-order chi connectivity index (χ0) is 19.8. The Labute approximate surface area is 160 Å². The van der Waals surface area contributed by atoms with E-state index < -0.39 is 11.3 Å². The maximum Gasteiger partial charge on any atom is 0.203 e. The molecule has 1 aliphatic carbocycles. The van der Waals surface area contributed by atoms with Crippen molar-refractivity contribution in [2.45, 2.75) is 25.7 Å². The fraction of sp³-hybridized carbons (Fsp3) is 0.455. The molecule has 1 unspecified atom stereocenters. The molecule has 2 aliphatic rings. The van der Waals surface area contributed by atoms with E-state index in [0.29, 0.717) is 24.6 Å². The minimum Gasteiger partial charge on any atom is -0.305 e. The standard InChI is InChI=1S/C22H23N5/c1-14(2)15-4-6-16(7-5-15)20-17(10-23)21(26)22(12-24,13-25)19-8-9-27(3)11-18(19)20/h4-8,14,17-18,20,26H,9,11H2,1-3H3/t17?,18-,20+/m0/s1. The molecule has 1 N–H and O–H groups in total. The minimum atomic E-state index is -1.62. The summed E-state index contributed by atoms with van der Waals surface area (Å²) in [6.45, 7) is 5.57. The van der Waals surface area contributed by atoms with E-state index in [9.17, 15) is 15.8 Å². The molecule has 1 aliphatic heterocycles. The van der Waals surface area contributed by atoms with Gasteiger partial charge in [-0.2, -0.15) is 15.8 Å². The molecule has 5 heteroatoms. The van der Waals surface area contributed by atoms with E-state index in [-0.39, 0.29) is 17.5 Å². The van der Waals surface area contributed by atoms with Gasteiger partial charge in [0.05, 0.1) is 29.8 Å². The molecule has 3 atom stereocenters. The van der Waals surface area contributed by atoms with Gasteiger partial charge in [-0.3, -0.25) is 0 Å². The molecule has 136 valence electrons. The zero-order valence-corrected chi connectivity index (χ0v) is 15.9. The van der Waals surface area contributed by atoms with Crippen LogP contribution < -0.4 is 0 Å². The van der Waals surface area contributed by atoms with E-state index >= 15 is 0 Å². The topological polar surface area (TPSA) is 98.5 Å². The van der Waals surface area contributed by atoms with Crippen LogP contribution in [0.15, 0.2) is 35.9 Å². The number of nitrogens with one attached hydrogen (secondary N) is 1. The third-order valence-corrected chi connectivity index (χ3v) is 5.93. The summed E-state index contributed by atoms with van der Waals surface area (Å²) in [5, 5.41) is 38.1. The van der Waals surface area contributed by atoms with Crippen molar-refractivity contribution < 1.29 is 0 Å². The fourth-order valence-corrected chi connectivity index (χ4v) is 4.40. The highest BCUT2D eigenvalue weighted by molar-refractivity contribution is 6.01. The first-order valence-electron chi connectivity index (χ1n) is 9.19. The lowest BCUT2D eigenvalue weighted by molar-refractivity contribution is 0.244. The predicted molar refractivity (Wildman–Crippen MR) is 103 cm³/mol. The minimum absolute atomic E-state index is 0.0833. The van der Waals surface area contributed by atoms with Gasteiger partial charge < -0.3 is 10.3 Å². The lowest BCUT2D eigenvalue weighted by Crippen LogP contribution is -2.51. The Hall–Kier alpha value is -2.94. The summed E-state index contributed by atoms with van der Waals surface area (Å²) >= 11 is 0. The lowest BCUT2D eigenvalue weighted by Gasteiger charge is -2.46. The van der Waals surface area contributed by atoms with Crippen molar-refractivity contribution in [1.82, 2.24) is 4.90 Å². The Kier molecular flexibility index (Phi) is 4.88. The average Bonchev–Trinajstić information content (AvgIpc) is 2.67. The number of fused-ring (bicyclic) bond motifs is 1. The van der Waals surface area contributed by atoms with Crippen LogP contribution in [0.5, 0.6) is 0 Å². The summed E-state index contributed by atoms with van der Waals surface area (Å²) in [6.07, 6.45) is 1.91. The van der Waals surface area contributed by atoms with E-state index in [1.807, 2.05) is 25.3 Å². The van der Waals surface area contributed by atoms with E-state index in [1.165, 1.54) is 5.56 Å². The Bertz CT molecular complexity index is 890. The second-order valence-electron chi connectivity index (χ2n) is 7.83. The maximum absolute atomic E-state index is 9.87. The average molecular weight is 357 g/mol. The molecule has 1 aromatic rings. The van der Waals surface area contributed by atoms with Gasteiger partial charge >= 0.3 is 0 Å². The van der Waals surface area contributed by atoms with Gasteiger partial charge in [-0.15, -0.1) is 0 Å². The number of benzene rings is 1. The van der Waals surface area contributed by atoms with Gasteiger partial charge in [0, 0.05) is 24.9 Å². The zero-order valence-electron chi connectivity index (χ0n) is 15.9. The molecule has 1 aromatic carbocycles. The highest BCUT2D eigenvalue weighted by Crippen LogP contribution is 2.52. The van der Waals surface area contributed by atoms with Crippen molar-refractivity contribution in [3.63, 3.8) is 0 Å². The van der Waals surface area contributed by atoms with Crippen LogP contribution in [0, 0.1) is 56.7 Å². The summed E-state index contributed by atoms with van der Waals surface area (Å²) in [6, 6.07) is 14.6. The lowest BCUT2D eigenvalue weighted by atomic mass is 9.55. The Balaban J connectivity index is 2.17. The second-order valence-corrected chi connectivity index (χ2v) is 7.83. The molecule has 0 amide bonds. The third-order valence-electron chi connectivity index (χ3n) is 5.93. The molecule has 3 rings (SSSR count). The molecule has 1 heterocycles. The highest BCUT2D eigenvalue weighted by atomic mass is 15.1. The van der Waals surface area contributed by atoms with Crippen molar-refractivity contribution in [1.29, 1.82) is 21.2 Å². The van der Waals surface area contributed by atoms with Crippen molar-refractivity contribution in [2.24, 2.45) is 17.3 Å². The maximum atomic E-state index is 9.87. The first-order valence-corrected chi connectivity index (χ1v) is 9.19. The summed E-state index contributed by atoms with van der Waals surface area (Å²) in [7, 11) is 1.99. The molecule has 0 aromatic heterocycles. The van der Waals surface area contributed by atoms with Crippen LogP contribution in [0.25, 0.3) is 0 Å². The first-order chi connectivity index (χ1) is 12.9. The number of hydrogen-bond acceptors (Lipinski definition) is 5. The van der Waals surface area contributed by atoms with E-state index in [2.05, 4.69) is 49.1 Å². The van der Waals surface area contributed by atoms with Crippen LogP contribution in [0.4, 0.5) is 0 Å². The van der Waals surface area contributed by atoms with Gasteiger partial charge in [0.25, 0.3) is 0 Å². The molecular formula is C22H23N5. The molecular weight excluding hydrogens is 334 g/mol. The number of nitriles is 3. The molecule has 0 bridgehead atoms. The van der Waals surface area contributed by atoms with E-state index in [4.69, 9.17) is 5.41 Å². The largest absolute Gasteiger partial charge is 0.305 e. The van der Waals surface area contributed by atoms with Crippen molar-refractivity contribution >= 4 is 5.71 Å². The third kappa shape index (κ3) is 2.84. The van der Waals surface area contributed by atoms with Crippen LogP contribution in [0.2, 0.25) is 0 Å². The molecule has 1 fully saturated rings. The predicted octanol–water partition coefficient (Wildman–Crippen LogP) is 3.59. The van der Waals surface area contributed by atoms with Crippen LogP contribution in [-0.2, 0) is 0 Å². The number of likely N-dealkylation sites (N-methyl/N-ethyl adjacent to an activating group) is 1. The Morgan fingerprint density at radius 1 is 1.15 bits per heavy atom. The number of nitrogens with zero attached hydrogens (tertiary/aromatic N) is 4. The quantitative estimate of drug-likeness (QED) is 0.818. The Morgan fingerprint density at radius 2 is 1.78 bits per heavy atom. The van der Waals surface area contributed by atoms with Gasteiger partial charge in [-0.05, 0) is 29.7 Å². The first kappa shape index (κ1) is 18.8. The van der Waals surface area contributed by atoms with Gasteiger partial charge in [-0.1, -0.05) is 44.2 Å². The summed E-state index contributed by atoms with van der Waals surface area (Å²) < 4.78 is 0. The molecule has 0 radical (unpaired) electrons. The van der Waals surface area contributed by atoms with Gasteiger partial charge in [0.15, 0.2) is 0 Å². The van der Waals surface area contributed by atoms with Crippen molar-refractivity contribution in [3.8, 4) is 18.2 Å². The van der Waals surface area contributed by atoms with Crippen LogP contribution >= 0.6 is 0 Å². The fourth-order valence-electron chi connectivity index (χ4n) is 4.40. The molecule has 1 saturated carbocycles. The van der Waals surface area contributed by atoms with Crippen molar-refractivity contribution in [3.05, 3.63) is 47.0 Å². The molecule has 0 saturated heterocycles. The Morgan fingerprint density at radius 3 is 2.30 bits per heavy atom. The van der Waals surface area contributed by atoms with Gasteiger partial charge in [0.2, 0.25) is 5.41 Å². The highest BCUT2D eigenvalue weighted by Gasteiger charge is 2.56. The number of hydrogen-bond donors (Lipinski definition) is 1. The normalized spacial score (nSPS) is 27.1.